The van der Waals surface area contributed by atoms with E-state index in [-0.39, 0.29) is 10.8 Å². The minimum atomic E-state index is -3.87. The van der Waals surface area contributed by atoms with Gasteiger partial charge in [0, 0.05) is 16.0 Å². The summed E-state index contributed by atoms with van der Waals surface area (Å²) in [6.07, 6.45) is 1.60. The molecule has 0 saturated carbocycles. The summed E-state index contributed by atoms with van der Waals surface area (Å²) >= 11 is 10.5. The van der Waals surface area contributed by atoms with E-state index in [0.717, 1.165) is 0 Å². The molecule has 2 heterocycles. The molecule has 3 rings (SSSR count). The van der Waals surface area contributed by atoms with Crippen molar-refractivity contribution in [3.05, 3.63) is 39.3 Å². The second kappa shape index (κ2) is 5.16. The summed E-state index contributed by atoms with van der Waals surface area (Å²) in [6, 6.07) is 4.75. The molecule has 0 fully saturated rings. The Morgan fingerprint density at radius 3 is 2.90 bits per heavy atom. The van der Waals surface area contributed by atoms with E-state index in [4.69, 9.17) is 17.3 Å². The van der Waals surface area contributed by atoms with Gasteiger partial charge in [-0.15, -0.1) is 11.3 Å². The summed E-state index contributed by atoms with van der Waals surface area (Å²) in [4.78, 5) is 4.53. The van der Waals surface area contributed by atoms with E-state index in [2.05, 4.69) is 25.6 Å². The van der Waals surface area contributed by atoms with E-state index in [0.29, 0.717) is 20.1 Å². The van der Waals surface area contributed by atoms with E-state index in [1.165, 1.54) is 21.8 Å². The molecule has 0 aliphatic heterocycles. The highest BCUT2D eigenvalue weighted by Crippen LogP contribution is 2.29. The minimum Gasteiger partial charge on any atom is -0.381 e. The van der Waals surface area contributed by atoms with Gasteiger partial charge in [-0.25, -0.2) is 4.98 Å². The van der Waals surface area contributed by atoms with E-state index >= 15 is 0 Å². The van der Waals surface area contributed by atoms with Crippen LogP contribution in [0.5, 0.6) is 0 Å². The number of nitrogens with two attached hydrogens (primary N) is 1. The van der Waals surface area contributed by atoms with Crippen LogP contribution < -0.4 is 10.5 Å². The molecule has 1 aromatic carbocycles. The smallest absolute Gasteiger partial charge is 0.281 e. The van der Waals surface area contributed by atoms with Gasteiger partial charge in [0.05, 0.1) is 10.7 Å². The topological polar surface area (TPSA) is 89.5 Å². The number of hydrogen-bond donors (Lipinski definition) is 2. The molecule has 0 unspecified atom stereocenters. The second-order valence-electron chi connectivity index (χ2n) is 4.09. The number of fused-ring (bicyclic) bond motifs is 1. The van der Waals surface area contributed by atoms with Crippen molar-refractivity contribution in [2.24, 2.45) is 0 Å². The van der Waals surface area contributed by atoms with Gasteiger partial charge in [0.1, 0.15) is 0 Å². The highest BCUT2D eigenvalue weighted by atomic mass is 79.9. The van der Waals surface area contributed by atoms with E-state index in [1.807, 2.05) is 0 Å². The third-order valence-electron chi connectivity index (χ3n) is 2.67. The van der Waals surface area contributed by atoms with Crippen molar-refractivity contribution in [3.63, 3.8) is 0 Å². The molecule has 110 valence electrons. The summed E-state index contributed by atoms with van der Waals surface area (Å²) < 4.78 is 29.5. The third-order valence-corrected chi connectivity index (χ3v) is 6.08. The van der Waals surface area contributed by atoms with Gasteiger partial charge in [-0.2, -0.15) is 8.42 Å². The predicted octanol–water partition coefficient (Wildman–Crippen LogP) is 3.19. The van der Waals surface area contributed by atoms with Crippen molar-refractivity contribution in [1.82, 2.24) is 9.38 Å². The molecule has 21 heavy (non-hydrogen) atoms. The number of rotatable bonds is 3. The number of sulfonamides is 1. The molecular formula is C11H8BrClN4O2S2. The number of anilines is 2. The number of halogens is 2. The Morgan fingerprint density at radius 1 is 1.43 bits per heavy atom. The largest absolute Gasteiger partial charge is 0.381 e. The zero-order valence-electron chi connectivity index (χ0n) is 10.2. The van der Waals surface area contributed by atoms with Crippen molar-refractivity contribution in [2.75, 3.05) is 10.5 Å². The fourth-order valence-electron chi connectivity index (χ4n) is 1.81. The first-order chi connectivity index (χ1) is 9.88. The van der Waals surface area contributed by atoms with Gasteiger partial charge in [0.2, 0.25) is 5.03 Å². The molecule has 3 aromatic rings. The molecule has 10 heteroatoms. The lowest BCUT2D eigenvalue weighted by Crippen LogP contribution is -2.16. The van der Waals surface area contributed by atoms with Crippen LogP contribution >= 0.6 is 38.9 Å². The summed E-state index contributed by atoms with van der Waals surface area (Å²) in [6.45, 7) is 0. The molecule has 0 spiro atoms. The zero-order valence-corrected chi connectivity index (χ0v) is 14.2. The molecule has 2 aromatic heterocycles. The average Bonchev–Trinajstić information content (AvgIpc) is 2.92. The Kier molecular flexibility index (Phi) is 3.60. The van der Waals surface area contributed by atoms with Crippen molar-refractivity contribution >= 4 is 65.4 Å². The van der Waals surface area contributed by atoms with Crippen LogP contribution in [-0.4, -0.2) is 17.8 Å². The molecule has 0 aliphatic carbocycles. The maximum Gasteiger partial charge on any atom is 0.281 e. The maximum absolute atomic E-state index is 12.5. The number of nitrogen functional groups attached to an aromatic ring is 1. The summed E-state index contributed by atoms with van der Waals surface area (Å²) in [5, 5.41) is 2.05. The Labute approximate surface area is 137 Å². The highest BCUT2D eigenvalue weighted by molar-refractivity contribution is 9.10. The molecule has 0 bridgehead atoms. The zero-order chi connectivity index (χ0) is 15.2. The molecule has 0 radical (unpaired) electrons. The molecular weight excluding hydrogens is 400 g/mol. The first kappa shape index (κ1) is 14.6. The van der Waals surface area contributed by atoms with Crippen LogP contribution in [0.4, 0.5) is 11.5 Å². The Balaban J connectivity index is 2.06. The van der Waals surface area contributed by atoms with Crippen LogP contribution in [0.1, 0.15) is 0 Å². The molecule has 3 N–H and O–H groups in total. The van der Waals surface area contributed by atoms with E-state index in [1.54, 1.807) is 23.7 Å². The number of thiazole rings is 1. The Bertz CT molecular complexity index is 935. The second-order valence-corrected chi connectivity index (χ2v) is 7.82. The Morgan fingerprint density at radius 2 is 2.19 bits per heavy atom. The van der Waals surface area contributed by atoms with E-state index < -0.39 is 10.0 Å². The van der Waals surface area contributed by atoms with Gasteiger partial charge < -0.3 is 5.73 Å². The van der Waals surface area contributed by atoms with E-state index in [9.17, 15) is 8.42 Å². The minimum absolute atomic E-state index is 0.0439. The summed E-state index contributed by atoms with van der Waals surface area (Å²) in [5.74, 6) is -0.0439. The molecule has 0 atom stereocenters. The number of benzene rings is 1. The number of nitrogens with zero attached hydrogens (tertiary/aromatic N) is 2. The normalized spacial score (nSPS) is 11.9. The highest BCUT2D eigenvalue weighted by Gasteiger charge is 2.24. The van der Waals surface area contributed by atoms with Gasteiger partial charge in [-0.1, -0.05) is 11.6 Å². The van der Waals surface area contributed by atoms with Crippen LogP contribution in [0.2, 0.25) is 5.02 Å². The van der Waals surface area contributed by atoms with Crippen molar-refractivity contribution < 1.29 is 8.42 Å². The van der Waals surface area contributed by atoms with Crippen LogP contribution in [0, 0.1) is 0 Å². The molecule has 0 aliphatic rings. The predicted molar refractivity (Wildman–Crippen MR) is 87.4 cm³/mol. The number of aromatic nitrogens is 2. The molecule has 6 nitrogen and oxygen atoms in total. The molecule has 0 amide bonds. The summed E-state index contributed by atoms with van der Waals surface area (Å²) in [5.41, 5.74) is 6.05. The quantitative estimate of drug-likeness (QED) is 0.698. The van der Waals surface area contributed by atoms with Crippen molar-refractivity contribution in [3.8, 4) is 0 Å². The fourth-order valence-corrected chi connectivity index (χ4v) is 4.28. The average molecular weight is 408 g/mol. The number of imidazole rings is 1. The van der Waals surface area contributed by atoms with Crippen molar-refractivity contribution in [1.29, 1.82) is 0 Å². The van der Waals surface area contributed by atoms with Crippen LogP contribution in [0.15, 0.2) is 39.3 Å². The summed E-state index contributed by atoms with van der Waals surface area (Å²) in [7, 11) is -3.87. The van der Waals surface area contributed by atoms with Gasteiger partial charge in [-0.05, 0) is 34.1 Å². The Hall–Kier alpha value is -1.29. The van der Waals surface area contributed by atoms with Crippen LogP contribution in [0.25, 0.3) is 4.96 Å². The first-order valence-corrected chi connectivity index (χ1v) is 9.11. The number of hydrogen-bond acceptors (Lipinski definition) is 5. The standard InChI is InChI=1S/C11H8BrClN4O2S2/c12-7-2-1-6(5-8(7)13)16-21(18,19)10-9(14)15-11-17(10)3-4-20-11/h1-5,16H,14H2. The van der Waals surface area contributed by atoms with Gasteiger partial charge in [0.15, 0.2) is 10.8 Å². The SMILES string of the molecule is Nc1nc2sccn2c1S(=O)(=O)Nc1ccc(Br)c(Cl)c1. The van der Waals surface area contributed by atoms with Gasteiger partial charge in [0.25, 0.3) is 10.0 Å². The van der Waals surface area contributed by atoms with Crippen LogP contribution in [0.3, 0.4) is 0 Å². The maximum atomic E-state index is 12.5. The van der Waals surface area contributed by atoms with Crippen molar-refractivity contribution in [2.45, 2.75) is 5.03 Å². The first-order valence-electron chi connectivity index (χ1n) is 5.57. The fraction of sp³-hybridized carbons (Fsp3) is 0. The number of nitrogens with one attached hydrogen (secondary N) is 1. The van der Waals surface area contributed by atoms with Gasteiger partial charge in [-0.3, -0.25) is 9.12 Å². The lowest BCUT2D eigenvalue weighted by atomic mass is 10.3. The molecule has 0 saturated heterocycles. The third kappa shape index (κ3) is 2.61. The van der Waals surface area contributed by atoms with Gasteiger partial charge >= 0.3 is 0 Å². The lowest BCUT2D eigenvalue weighted by molar-refractivity contribution is 0.597. The van der Waals surface area contributed by atoms with Crippen LogP contribution in [-0.2, 0) is 10.0 Å². The monoisotopic (exact) mass is 406 g/mol. The lowest BCUT2D eigenvalue weighted by Gasteiger charge is -2.08.